The summed E-state index contributed by atoms with van der Waals surface area (Å²) in [5, 5.41) is 9.91. The van der Waals surface area contributed by atoms with E-state index in [0.29, 0.717) is 22.8 Å². The Morgan fingerprint density at radius 1 is 1.24 bits per heavy atom. The molecule has 0 radical (unpaired) electrons. The first-order valence-corrected chi connectivity index (χ1v) is 10.8. The maximum atomic E-state index is 13.4. The molecule has 1 aliphatic carbocycles. The monoisotopic (exact) mass is 426 g/mol. The van der Waals surface area contributed by atoms with Gasteiger partial charge in [0.2, 0.25) is 0 Å². The van der Waals surface area contributed by atoms with E-state index in [-0.39, 0.29) is 18.5 Å². The van der Waals surface area contributed by atoms with Crippen LogP contribution in [-0.2, 0) is 23.3 Å². The van der Waals surface area contributed by atoms with E-state index in [9.17, 15) is 9.59 Å². The fourth-order valence-electron chi connectivity index (χ4n) is 4.29. The van der Waals surface area contributed by atoms with Crippen LogP contribution >= 0.6 is 22.9 Å². The number of carbonyl (C=O) groups excluding carboxylic acids is 2. The first kappa shape index (κ1) is 18.4. The smallest absolute Gasteiger partial charge is 0.319 e. The molecular formula is C21H19ClN4O2S. The zero-order chi connectivity index (χ0) is 20.2. The largest absolute Gasteiger partial charge is 0.325 e. The number of amides is 3. The Bertz CT molecular complexity index is 1120. The topological polar surface area (TPSA) is 67.2 Å². The maximum Gasteiger partial charge on any atom is 0.325 e. The quantitative estimate of drug-likeness (QED) is 0.639. The second kappa shape index (κ2) is 6.71. The van der Waals surface area contributed by atoms with Crippen LogP contribution in [0.25, 0.3) is 5.69 Å². The number of hydrogen-bond donors (Lipinski definition) is 1. The van der Waals surface area contributed by atoms with Crippen LogP contribution < -0.4 is 5.32 Å². The summed E-state index contributed by atoms with van der Waals surface area (Å²) in [5.41, 5.74) is 2.20. The zero-order valence-corrected chi connectivity index (χ0v) is 17.4. The van der Waals surface area contributed by atoms with E-state index in [1.54, 1.807) is 16.0 Å². The summed E-state index contributed by atoms with van der Waals surface area (Å²) in [6.45, 7) is 1.94. The van der Waals surface area contributed by atoms with Gasteiger partial charge < -0.3 is 5.32 Å². The van der Waals surface area contributed by atoms with Crippen LogP contribution in [0.3, 0.4) is 0 Å². The standard InChI is InChI=1S/C21H19ClN4O2S/c1-13-15(18(22)26(24-13)14-6-3-2-4-7-14)12-25-19(27)21(23-20(25)28)10-5-8-17-16(21)9-11-29-17/h2-4,6-7,9,11H,5,8,10,12H2,1H3,(H,23,28). The van der Waals surface area contributed by atoms with Gasteiger partial charge in [0, 0.05) is 16.0 Å². The Kier molecular flexibility index (Phi) is 4.26. The average Bonchev–Trinajstić information content (AvgIpc) is 3.37. The van der Waals surface area contributed by atoms with Crippen LogP contribution in [0.1, 0.15) is 34.5 Å². The van der Waals surface area contributed by atoms with Crippen LogP contribution in [-0.4, -0.2) is 26.6 Å². The third kappa shape index (κ3) is 2.72. The van der Waals surface area contributed by atoms with Crippen molar-refractivity contribution < 1.29 is 9.59 Å². The van der Waals surface area contributed by atoms with E-state index >= 15 is 0 Å². The SMILES string of the molecule is Cc1nn(-c2ccccc2)c(Cl)c1CN1C(=O)NC2(CCCc3sccc32)C1=O. The van der Waals surface area contributed by atoms with E-state index < -0.39 is 5.54 Å². The molecule has 3 aromatic rings. The number of para-hydroxylation sites is 1. The lowest BCUT2D eigenvalue weighted by Gasteiger charge is -2.31. The summed E-state index contributed by atoms with van der Waals surface area (Å²) in [7, 11) is 0. The molecule has 1 N–H and O–H groups in total. The molecule has 8 heteroatoms. The molecule has 0 saturated carbocycles. The first-order valence-electron chi connectivity index (χ1n) is 9.51. The molecule has 1 aliphatic heterocycles. The van der Waals surface area contributed by atoms with Gasteiger partial charge in [0.25, 0.3) is 5.91 Å². The second-order valence-electron chi connectivity index (χ2n) is 7.44. The van der Waals surface area contributed by atoms with E-state index in [2.05, 4.69) is 10.4 Å². The molecule has 1 saturated heterocycles. The predicted octanol–water partition coefficient (Wildman–Crippen LogP) is 4.18. The number of nitrogens with one attached hydrogen (secondary N) is 1. The van der Waals surface area contributed by atoms with Gasteiger partial charge in [0.05, 0.1) is 17.9 Å². The Morgan fingerprint density at radius 3 is 2.83 bits per heavy atom. The van der Waals surface area contributed by atoms with Crippen LogP contribution in [0.2, 0.25) is 5.15 Å². The van der Waals surface area contributed by atoms with Gasteiger partial charge in [0.15, 0.2) is 0 Å². The molecule has 148 valence electrons. The first-order chi connectivity index (χ1) is 14.0. The summed E-state index contributed by atoms with van der Waals surface area (Å²) in [6, 6.07) is 11.1. The third-order valence-electron chi connectivity index (χ3n) is 5.78. The molecule has 1 atom stereocenters. The molecule has 2 aromatic heterocycles. The number of fused-ring (bicyclic) bond motifs is 2. The summed E-state index contributed by atoms with van der Waals surface area (Å²) < 4.78 is 1.64. The molecule has 1 aromatic carbocycles. The van der Waals surface area contributed by atoms with Gasteiger partial charge >= 0.3 is 6.03 Å². The highest BCUT2D eigenvalue weighted by Crippen LogP contribution is 2.42. The van der Waals surface area contributed by atoms with Crippen molar-refractivity contribution in [2.75, 3.05) is 0 Å². The minimum Gasteiger partial charge on any atom is -0.319 e. The Morgan fingerprint density at radius 2 is 2.03 bits per heavy atom. The van der Waals surface area contributed by atoms with Crippen LogP contribution in [0.4, 0.5) is 4.79 Å². The highest BCUT2D eigenvalue weighted by atomic mass is 35.5. The fourth-order valence-corrected chi connectivity index (χ4v) is 5.63. The summed E-state index contributed by atoms with van der Waals surface area (Å²) in [4.78, 5) is 28.7. The molecule has 1 unspecified atom stereocenters. The van der Waals surface area contributed by atoms with Gasteiger partial charge in [0.1, 0.15) is 10.7 Å². The maximum absolute atomic E-state index is 13.4. The Hall–Kier alpha value is -2.64. The highest BCUT2D eigenvalue weighted by Gasteiger charge is 2.54. The van der Waals surface area contributed by atoms with Gasteiger partial charge in [-0.15, -0.1) is 11.3 Å². The number of aryl methyl sites for hydroxylation is 2. The van der Waals surface area contributed by atoms with E-state index in [0.717, 1.165) is 24.1 Å². The molecule has 2 aliphatic rings. The van der Waals surface area contributed by atoms with Crippen molar-refractivity contribution in [2.24, 2.45) is 0 Å². The number of thiophene rings is 1. The van der Waals surface area contributed by atoms with Crippen molar-refractivity contribution >= 4 is 34.9 Å². The number of rotatable bonds is 3. The Labute approximate surface area is 177 Å². The van der Waals surface area contributed by atoms with Crippen LogP contribution in [0.15, 0.2) is 41.8 Å². The van der Waals surface area contributed by atoms with Gasteiger partial charge in [-0.1, -0.05) is 29.8 Å². The highest BCUT2D eigenvalue weighted by molar-refractivity contribution is 7.10. The number of nitrogens with zero attached hydrogens (tertiary/aromatic N) is 3. The number of imide groups is 1. The normalized spacial score (nSPS) is 21.0. The summed E-state index contributed by atoms with van der Waals surface area (Å²) >= 11 is 8.26. The van der Waals surface area contributed by atoms with E-state index in [1.807, 2.05) is 48.7 Å². The molecule has 3 heterocycles. The van der Waals surface area contributed by atoms with Crippen molar-refractivity contribution in [3.63, 3.8) is 0 Å². The van der Waals surface area contributed by atoms with Crippen molar-refractivity contribution in [3.8, 4) is 5.69 Å². The molecule has 3 amide bonds. The average molecular weight is 427 g/mol. The minimum absolute atomic E-state index is 0.101. The fraction of sp³-hybridized carbons (Fsp3) is 0.286. The molecule has 5 rings (SSSR count). The van der Waals surface area contributed by atoms with Gasteiger partial charge in [-0.25, -0.2) is 9.48 Å². The summed E-state index contributed by atoms with van der Waals surface area (Å²) in [5.74, 6) is -0.204. The lowest BCUT2D eigenvalue weighted by atomic mass is 9.80. The van der Waals surface area contributed by atoms with Crippen molar-refractivity contribution in [1.82, 2.24) is 20.0 Å². The second-order valence-corrected chi connectivity index (χ2v) is 8.80. The molecule has 1 spiro atoms. The molecule has 1 fully saturated rings. The lowest BCUT2D eigenvalue weighted by molar-refractivity contribution is -0.132. The van der Waals surface area contributed by atoms with Gasteiger partial charge in [-0.05, 0) is 49.8 Å². The molecule has 0 bridgehead atoms. The molecule has 29 heavy (non-hydrogen) atoms. The number of halogens is 1. The van der Waals surface area contributed by atoms with Crippen molar-refractivity contribution in [1.29, 1.82) is 0 Å². The van der Waals surface area contributed by atoms with Crippen molar-refractivity contribution in [3.05, 3.63) is 68.6 Å². The number of urea groups is 1. The van der Waals surface area contributed by atoms with Crippen LogP contribution in [0.5, 0.6) is 0 Å². The number of benzene rings is 1. The molecular weight excluding hydrogens is 408 g/mol. The molecule has 6 nitrogen and oxygen atoms in total. The van der Waals surface area contributed by atoms with Gasteiger partial charge in [-0.3, -0.25) is 9.69 Å². The number of hydrogen-bond acceptors (Lipinski definition) is 4. The number of aromatic nitrogens is 2. The lowest BCUT2D eigenvalue weighted by Crippen LogP contribution is -2.46. The van der Waals surface area contributed by atoms with E-state index in [4.69, 9.17) is 11.6 Å². The zero-order valence-electron chi connectivity index (χ0n) is 15.8. The predicted molar refractivity (Wildman–Crippen MR) is 111 cm³/mol. The summed E-state index contributed by atoms with van der Waals surface area (Å²) in [6.07, 6.45) is 2.44. The Balaban J connectivity index is 1.49. The van der Waals surface area contributed by atoms with Crippen molar-refractivity contribution in [2.45, 2.75) is 38.3 Å². The number of carbonyl (C=O) groups is 2. The van der Waals surface area contributed by atoms with E-state index in [1.165, 1.54) is 9.78 Å². The minimum atomic E-state index is -0.944. The third-order valence-corrected chi connectivity index (χ3v) is 7.14. The van der Waals surface area contributed by atoms with Crippen LogP contribution in [0, 0.1) is 6.92 Å². The van der Waals surface area contributed by atoms with Gasteiger partial charge in [-0.2, -0.15) is 5.10 Å².